The third kappa shape index (κ3) is 5.24. The third-order valence-corrected chi connectivity index (χ3v) is 5.96. The van der Waals surface area contributed by atoms with E-state index in [-0.39, 0.29) is 22.9 Å². The Balaban J connectivity index is 1.36. The number of amides is 1. The molecule has 1 amide bonds. The SMILES string of the molecule is COC(=O)c1ccc(NC(=O)c2csc(N3CCC(Oc4ncccn4)CC3)n2)c(C#N)c1. The molecular weight excluding hydrogens is 444 g/mol. The van der Waals surface area contributed by atoms with Crippen LogP contribution in [-0.4, -0.2) is 53.1 Å². The van der Waals surface area contributed by atoms with E-state index >= 15 is 0 Å². The second-order valence-corrected chi connectivity index (χ2v) is 8.01. The van der Waals surface area contributed by atoms with E-state index in [4.69, 9.17) is 4.74 Å². The first-order valence-corrected chi connectivity index (χ1v) is 11.0. The van der Waals surface area contributed by atoms with Crippen molar-refractivity contribution >= 4 is 34.0 Å². The number of hydrogen-bond acceptors (Lipinski definition) is 10. The Morgan fingerprint density at radius 2 is 2.00 bits per heavy atom. The van der Waals surface area contributed by atoms with Gasteiger partial charge in [0.25, 0.3) is 5.91 Å². The lowest BCUT2D eigenvalue weighted by Gasteiger charge is -2.31. The fraction of sp³-hybridized carbons (Fsp3) is 0.273. The lowest BCUT2D eigenvalue weighted by atomic mass is 10.1. The molecule has 1 aliphatic rings. The second-order valence-electron chi connectivity index (χ2n) is 7.17. The van der Waals surface area contributed by atoms with E-state index < -0.39 is 11.9 Å². The van der Waals surface area contributed by atoms with Gasteiger partial charge in [-0.3, -0.25) is 4.79 Å². The van der Waals surface area contributed by atoms with Gasteiger partial charge in [0, 0.05) is 43.7 Å². The van der Waals surface area contributed by atoms with Crippen LogP contribution in [0.25, 0.3) is 0 Å². The Morgan fingerprint density at radius 1 is 1.24 bits per heavy atom. The fourth-order valence-corrected chi connectivity index (χ4v) is 4.21. The molecule has 10 nitrogen and oxygen atoms in total. The van der Waals surface area contributed by atoms with Crippen LogP contribution in [0.2, 0.25) is 0 Å². The first kappa shape index (κ1) is 22.2. The van der Waals surface area contributed by atoms with E-state index in [1.165, 1.54) is 36.6 Å². The number of aromatic nitrogens is 3. The van der Waals surface area contributed by atoms with Crippen molar-refractivity contribution in [2.45, 2.75) is 18.9 Å². The standard InChI is InChI=1S/C22H20N6O4S/c1-31-20(30)14-3-4-17(15(11-14)12-23)26-19(29)18-13-33-22(27-18)28-9-5-16(6-10-28)32-21-24-7-2-8-25-21/h2-4,7-8,11,13,16H,5-6,9-10H2,1H3,(H,26,29). The third-order valence-electron chi connectivity index (χ3n) is 5.06. The van der Waals surface area contributed by atoms with Crippen LogP contribution in [0.5, 0.6) is 6.01 Å². The zero-order chi connectivity index (χ0) is 23.2. The Labute approximate surface area is 193 Å². The van der Waals surface area contributed by atoms with E-state index in [1.54, 1.807) is 23.8 Å². The monoisotopic (exact) mass is 464 g/mol. The molecule has 4 rings (SSSR count). The van der Waals surface area contributed by atoms with Gasteiger partial charge in [-0.05, 0) is 24.3 Å². The van der Waals surface area contributed by atoms with Crippen molar-refractivity contribution < 1.29 is 19.1 Å². The molecule has 1 aliphatic heterocycles. The van der Waals surface area contributed by atoms with Crippen LogP contribution in [-0.2, 0) is 4.74 Å². The summed E-state index contributed by atoms with van der Waals surface area (Å²) in [5.74, 6) is -0.988. The zero-order valence-corrected chi connectivity index (χ0v) is 18.5. The van der Waals surface area contributed by atoms with Crippen molar-refractivity contribution in [3.05, 3.63) is 58.9 Å². The Morgan fingerprint density at radius 3 is 2.70 bits per heavy atom. The summed E-state index contributed by atoms with van der Waals surface area (Å²) in [4.78, 5) is 39.1. The maximum Gasteiger partial charge on any atom is 0.337 e. The molecule has 11 heteroatoms. The Hall–Kier alpha value is -4.04. The lowest BCUT2D eigenvalue weighted by molar-refractivity contribution is 0.0600. The van der Waals surface area contributed by atoms with Crippen molar-refractivity contribution in [2.24, 2.45) is 0 Å². The second kappa shape index (κ2) is 10.1. The van der Waals surface area contributed by atoms with Crippen LogP contribution < -0.4 is 15.0 Å². The molecule has 0 radical (unpaired) electrons. The van der Waals surface area contributed by atoms with E-state index in [0.29, 0.717) is 11.7 Å². The molecular formula is C22H20N6O4S. The van der Waals surface area contributed by atoms with Crippen LogP contribution in [0, 0.1) is 11.3 Å². The average molecular weight is 465 g/mol. The van der Waals surface area contributed by atoms with E-state index in [2.05, 4.69) is 29.9 Å². The number of hydrogen-bond donors (Lipinski definition) is 1. The topological polar surface area (TPSA) is 130 Å². The van der Waals surface area contributed by atoms with E-state index in [0.717, 1.165) is 31.1 Å². The number of carbonyl (C=O) groups is 2. The van der Waals surface area contributed by atoms with Gasteiger partial charge in [-0.2, -0.15) is 5.26 Å². The number of esters is 1. The van der Waals surface area contributed by atoms with Gasteiger partial charge in [-0.1, -0.05) is 0 Å². The molecule has 0 aliphatic carbocycles. The number of methoxy groups -OCH3 is 1. The minimum Gasteiger partial charge on any atom is -0.465 e. The number of piperidine rings is 1. The summed E-state index contributed by atoms with van der Waals surface area (Å²) in [6, 6.07) is 8.46. The molecule has 1 aromatic carbocycles. The maximum absolute atomic E-state index is 12.7. The van der Waals surface area contributed by atoms with Crippen molar-refractivity contribution in [3.8, 4) is 12.1 Å². The van der Waals surface area contributed by atoms with Gasteiger partial charge in [-0.25, -0.2) is 19.7 Å². The highest BCUT2D eigenvalue weighted by Crippen LogP contribution is 2.26. The molecule has 0 saturated carbocycles. The number of ether oxygens (including phenoxy) is 2. The number of thiazole rings is 1. The minimum absolute atomic E-state index is 0.0312. The predicted molar refractivity (Wildman–Crippen MR) is 120 cm³/mol. The quantitative estimate of drug-likeness (QED) is 0.547. The number of rotatable bonds is 6. The van der Waals surface area contributed by atoms with Gasteiger partial charge < -0.3 is 19.7 Å². The molecule has 1 fully saturated rings. The molecule has 168 valence electrons. The zero-order valence-electron chi connectivity index (χ0n) is 17.7. The number of anilines is 2. The van der Waals surface area contributed by atoms with Gasteiger partial charge in [0.15, 0.2) is 5.13 Å². The smallest absolute Gasteiger partial charge is 0.337 e. The summed E-state index contributed by atoms with van der Waals surface area (Å²) in [6.07, 6.45) is 4.90. The summed E-state index contributed by atoms with van der Waals surface area (Å²) in [6.45, 7) is 1.47. The first-order chi connectivity index (χ1) is 16.1. The van der Waals surface area contributed by atoms with Crippen LogP contribution >= 0.6 is 11.3 Å². The van der Waals surface area contributed by atoms with Gasteiger partial charge in [0.05, 0.1) is 23.9 Å². The largest absolute Gasteiger partial charge is 0.465 e. The predicted octanol–water partition coefficient (Wildman–Crippen LogP) is 2.89. The van der Waals surface area contributed by atoms with Crippen LogP contribution in [0.4, 0.5) is 10.8 Å². The molecule has 0 unspecified atom stereocenters. The van der Waals surface area contributed by atoms with Gasteiger partial charge >= 0.3 is 12.0 Å². The summed E-state index contributed by atoms with van der Waals surface area (Å²) < 4.78 is 10.5. The van der Waals surface area contributed by atoms with Gasteiger partial charge in [0.2, 0.25) is 0 Å². The fourth-order valence-electron chi connectivity index (χ4n) is 3.35. The highest BCUT2D eigenvalue weighted by atomic mass is 32.1. The van der Waals surface area contributed by atoms with E-state index in [9.17, 15) is 14.9 Å². The Kier molecular flexibility index (Phi) is 6.75. The van der Waals surface area contributed by atoms with Crippen molar-refractivity contribution in [2.75, 3.05) is 30.4 Å². The summed E-state index contributed by atoms with van der Waals surface area (Å²) >= 11 is 1.38. The normalized spacial score (nSPS) is 13.8. The molecule has 33 heavy (non-hydrogen) atoms. The average Bonchev–Trinajstić information content (AvgIpc) is 3.35. The van der Waals surface area contributed by atoms with Crippen LogP contribution in [0.1, 0.15) is 39.3 Å². The first-order valence-electron chi connectivity index (χ1n) is 10.2. The van der Waals surface area contributed by atoms with Crippen molar-refractivity contribution in [1.82, 2.24) is 15.0 Å². The van der Waals surface area contributed by atoms with Crippen molar-refractivity contribution in [3.63, 3.8) is 0 Å². The van der Waals surface area contributed by atoms with Gasteiger partial charge in [-0.15, -0.1) is 11.3 Å². The molecule has 3 heterocycles. The number of nitriles is 1. The molecule has 1 N–H and O–H groups in total. The summed E-state index contributed by atoms with van der Waals surface area (Å²) in [5.41, 5.74) is 0.943. The van der Waals surface area contributed by atoms with Gasteiger partial charge in [0.1, 0.15) is 17.9 Å². The highest BCUT2D eigenvalue weighted by molar-refractivity contribution is 7.14. The minimum atomic E-state index is -0.556. The van der Waals surface area contributed by atoms with Crippen LogP contribution in [0.3, 0.4) is 0 Å². The summed E-state index contributed by atoms with van der Waals surface area (Å²) in [7, 11) is 1.26. The van der Waals surface area contributed by atoms with Crippen LogP contribution in [0.15, 0.2) is 42.0 Å². The highest BCUT2D eigenvalue weighted by Gasteiger charge is 2.24. The van der Waals surface area contributed by atoms with E-state index in [1.807, 2.05) is 6.07 Å². The number of nitrogens with one attached hydrogen (secondary N) is 1. The molecule has 0 spiro atoms. The lowest BCUT2D eigenvalue weighted by Crippen LogP contribution is -2.38. The molecule has 1 saturated heterocycles. The number of carbonyl (C=O) groups excluding carboxylic acids is 2. The number of nitrogens with zero attached hydrogens (tertiary/aromatic N) is 5. The molecule has 3 aromatic rings. The van der Waals surface area contributed by atoms with Crippen molar-refractivity contribution in [1.29, 1.82) is 5.26 Å². The molecule has 0 bridgehead atoms. The maximum atomic E-state index is 12.7. The summed E-state index contributed by atoms with van der Waals surface area (Å²) in [5, 5.41) is 14.5. The Bertz CT molecular complexity index is 1190. The molecule has 2 aromatic heterocycles. The molecule has 0 atom stereocenters. The number of benzene rings is 1.